The smallest absolute Gasteiger partial charge is 0.0584 e. The summed E-state index contributed by atoms with van der Waals surface area (Å²) in [5.41, 5.74) is 8.70. The second kappa shape index (κ2) is 6.49. The van der Waals surface area contributed by atoms with Crippen LogP contribution in [0.25, 0.3) is 0 Å². The maximum absolute atomic E-state index is 5.76. The Balaban J connectivity index is 1.95. The third-order valence-corrected chi connectivity index (χ3v) is 4.99. The van der Waals surface area contributed by atoms with Crippen molar-refractivity contribution >= 4 is 0 Å². The minimum absolute atomic E-state index is 0.540. The number of likely N-dealkylation sites (tertiary alicyclic amines) is 1. The van der Waals surface area contributed by atoms with Gasteiger partial charge in [-0.15, -0.1) is 0 Å². The van der Waals surface area contributed by atoms with E-state index in [4.69, 9.17) is 5.73 Å². The zero-order valence-electron chi connectivity index (χ0n) is 12.4. The van der Waals surface area contributed by atoms with E-state index in [0.29, 0.717) is 12.0 Å². The van der Waals surface area contributed by atoms with Crippen LogP contribution >= 0.6 is 0 Å². The number of piperidine rings is 1. The van der Waals surface area contributed by atoms with Crippen LogP contribution < -0.4 is 5.73 Å². The van der Waals surface area contributed by atoms with Crippen molar-refractivity contribution in [1.29, 1.82) is 0 Å². The maximum atomic E-state index is 5.76. The molecule has 0 aromatic carbocycles. The summed E-state index contributed by atoms with van der Waals surface area (Å²) in [6.45, 7) is 8.64. The molecular formula is C16H27N3. The Kier molecular flexibility index (Phi) is 4.94. The minimum atomic E-state index is 0.540. The highest BCUT2D eigenvalue weighted by atomic mass is 15.1. The molecule has 2 N–H and O–H groups in total. The van der Waals surface area contributed by atoms with Gasteiger partial charge in [0.1, 0.15) is 0 Å². The van der Waals surface area contributed by atoms with E-state index in [2.05, 4.69) is 29.8 Å². The lowest BCUT2D eigenvalue weighted by molar-refractivity contribution is 0.0906. The van der Waals surface area contributed by atoms with Gasteiger partial charge in [0.25, 0.3) is 0 Å². The Bertz CT molecular complexity index is 389. The van der Waals surface area contributed by atoms with Gasteiger partial charge in [0.2, 0.25) is 0 Å². The predicted molar refractivity (Wildman–Crippen MR) is 79.7 cm³/mol. The first-order chi connectivity index (χ1) is 9.23. The van der Waals surface area contributed by atoms with Crippen LogP contribution in [-0.4, -0.2) is 23.0 Å². The van der Waals surface area contributed by atoms with Crippen LogP contribution in [0.1, 0.15) is 50.8 Å². The molecule has 0 spiro atoms. The molecule has 19 heavy (non-hydrogen) atoms. The van der Waals surface area contributed by atoms with E-state index >= 15 is 0 Å². The molecule has 0 bridgehead atoms. The molecule has 0 atom stereocenters. The number of nitrogens with two attached hydrogens (primary N) is 1. The van der Waals surface area contributed by atoms with Gasteiger partial charge in [0, 0.05) is 19.3 Å². The normalized spacial score (nSPS) is 19.5. The van der Waals surface area contributed by atoms with Crippen LogP contribution in [0.3, 0.4) is 0 Å². The molecule has 1 saturated heterocycles. The van der Waals surface area contributed by atoms with E-state index in [1.54, 1.807) is 0 Å². The number of hydrogen-bond acceptors (Lipinski definition) is 3. The van der Waals surface area contributed by atoms with Gasteiger partial charge in [0.05, 0.1) is 5.69 Å². The summed E-state index contributed by atoms with van der Waals surface area (Å²) in [6.07, 6.45) is 7.13. The fourth-order valence-electron chi connectivity index (χ4n) is 3.18. The van der Waals surface area contributed by atoms with Crippen molar-refractivity contribution in [3.63, 3.8) is 0 Å². The van der Waals surface area contributed by atoms with Gasteiger partial charge in [-0.3, -0.25) is 9.88 Å². The molecule has 2 rings (SSSR count). The lowest BCUT2D eigenvalue weighted by Crippen LogP contribution is -2.39. The summed E-state index contributed by atoms with van der Waals surface area (Å²) >= 11 is 0. The number of nitrogens with zero attached hydrogens (tertiary/aromatic N) is 2. The molecule has 1 fully saturated rings. The van der Waals surface area contributed by atoms with Crippen LogP contribution in [0, 0.1) is 5.41 Å². The standard InChI is InChI=1S/C16H27N3/c1-3-16(4-2)7-10-19(11-8-16)13-14-6-5-9-18-15(14)12-17/h5-6,9H,3-4,7-8,10-13,17H2,1-2H3. The Morgan fingerprint density at radius 2 is 1.95 bits per heavy atom. The highest BCUT2D eigenvalue weighted by molar-refractivity contribution is 5.19. The SMILES string of the molecule is CCC1(CC)CCN(Cc2cccnc2CN)CC1. The average molecular weight is 261 g/mol. The number of aromatic nitrogens is 1. The van der Waals surface area contributed by atoms with Crippen LogP contribution in [0.4, 0.5) is 0 Å². The summed E-state index contributed by atoms with van der Waals surface area (Å²) in [7, 11) is 0. The molecule has 106 valence electrons. The van der Waals surface area contributed by atoms with E-state index < -0.39 is 0 Å². The van der Waals surface area contributed by atoms with E-state index in [1.165, 1.54) is 44.3 Å². The Morgan fingerprint density at radius 1 is 1.26 bits per heavy atom. The summed E-state index contributed by atoms with van der Waals surface area (Å²) in [4.78, 5) is 6.93. The summed E-state index contributed by atoms with van der Waals surface area (Å²) in [5.74, 6) is 0. The lowest BCUT2D eigenvalue weighted by Gasteiger charge is -2.41. The van der Waals surface area contributed by atoms with Gasteiger partial charge in [-0.2, -0.15) is 0 Å². The highest BCUT2D eigenvalue weighted by Gasteiger charge is 2.31. The molecule has 1 aromatic rings. The molecule has 1 aliphatic heterocycles. The van der Waals surface area contributed by atoms with Crippen molar-refractivity contribution in [3.05, 3.63) is 29.6 Å². The van der Waals surface area contributed by atoms with Gasteiger partial charge < -0.3 is 5.73 Å². The first-order valence-corrected chi connectivity index (χ1v) is 7.58. The van der Waals surface area contributed by atoms with Crippen molar-refractivity contribution in [2.24, 2.45) is 11.1 Å². The van der Waals surface area contributed by atoms with Crippen LogP contribution in [0.15, 0.2) is 18.3 Å². The Morgan fingerprint density at radius 3 is 2.53 bits per heavy atom. The fourth-order valence-corrected chi connectivity index (χ4v) is 3.18. The van der Waals surface area contributed by atoms with Crippen molar-refractivity contribution in [2.45, 2.75) is 52.6 Å². The number of pyridine rings is 1. The molecule has 1 aromatic heterocycles. The fraction of sp³-hybridized carbons (Fsp3) is 0.688. The van der Waals surface area contributed by atoms with Crippen LogP contribution in [0.2, 0.25) is 0 Å². The third kappa shape index (κ3) is 3.34. The first-order valence-electron chi connectivity index (χ1n) is 7.58. The van der Waals surface area contributed by atoms with E-state index in [9.17, 15) is 0 Å². The molecular weight excluding hydrogens is 234 g/mol. The van der Waals surface area contributed by atoms with Crippen molar-refractivity contribution in [3.8, 4) is 0 Å². The maximum Gasteiger partial charge on any atom is 0.0584 e. The largest absolute Gasteiger partial charge is 0.325 e. The van der Waals surface area contributed by atoms with E-state index in [-0.39, 0.29) is 0 Å². The molecule has 0 saturated carbocycles. The second-order valence-corrected chi connectivity index (χ2v) is 5.80. The van der Waals surface area contributed by atoms with Crippen LogP contribution in [-0.2, 0) is 13.1 Å². The molecule has 0 radical (unpaired) electrons. The molecule has 2 heterocycles. The highest BCUT2D eigenvalue weighted by Crippen LogP contribution is 2.38. The monoisotopic (exact) mass is 261 g/mol. The predicted octanol–water partition coefficient (Wildman–Crippen LogP) is 2.94. The molecule has 0 amide bonds. The summed E-state index contributed by atoms with van der Waals surface area (Å²) in [5, 5.41) is 0. The van der Waals surface area contributed by atoms with Crippen molar-refractivity contribution < 1.29 is 0 Å². The second-order valence-electron chi connectivity index (χ2n) is 5.80. The van der Waals surface area contributed by atoms with Gasteiger partial charge in [-0.05, 0) is 43.0 Å². The lowest BCUT2D eigenvalue weighted by atomic mass is 9.74. The van der Waals surface area contributed by atoms with Gasteiger partial charge in [-0.25, -0.2) is 0 Å². The molecule has 0 unspecified atom stereocenters. The first kappa shape index (κ1) is 14.5. The van der Waals surface area contributed by atoms with Gasteiger partial charge in [0.15, 0.2) is 0 Å². The van der Waals surface area contributed by atoms with E-state index in [0.717, 1.165) is 12.2 Å². The van der Waals surface area contributed by atoms with Crippen molar-refractivity contribution in [2.75, 3.05) is 13.1 Å². The molecule has 0 aliphatic carbocycles. The quantitative estimate of drug-likeness (QED) is 0.886. The summed E-state index contributed by atoms with van der Waals surface area (Å²) < 4.78 is 0. The molecule has 3 heteroatoms. The molecule has 3 nitrogen and oxygen atoms in total. The Labute approximate surface area is 117 Å². The van der Waals surface area contributed by atoms with Crippen LogP contribution in [0.5, 0.6) is 0 Å². The number of rotatable bonds is 5. The number of hydrogen-bond donors (Lipinski definition) is 1. The summed E-state index contributed by atoms with van der Waals surface area (Å²) in [6, 6.07) is 4.18. The Hall–Kier alpha value is -0.930. The minimum Gasteiger partial charge on any atom is -0.325 e. The topological polar surface area (TPSA) is 42.2 Å². The third-order valence-electron chi connectivity index (χ3n) is 4.99. The average Bonchev–Trinajstić information content (AvgIpc) is 2.49. The van der Waals surface area contributed by atoms with Crippen molar-refractivity contribution in [1.82, 2.24) is 9.88 Å². The zero-order chi connectivity index (χ0) is 13.7. The zero-order valence-corrected chi connectivity index (χ0v) is 12.4. The van der Waals surface area contributed by atoms with Gasteiger partial charge in [-0.1, -0.05) is 32.8 Å². The molecule has 1 aliphatic rings. The van der Waals surface area contributed by atoms with Gasteiger partial charge >= 0.3 is 0 Å². The van der Waals surface area contributed by atoms with E-state index in [1.807, 2.05) is 12.3 Å².